The predicted molar refractivity (Wildman–Crippen MR) is 110 cm³/mol. The summed E-state index contributed by atoms with van der Waals surface area (Å²) in [5.41, 5.74) is 1.41. The number of nitrogens with zero attached hydrogens (tertiary/aromatic N) is 4. The number of hydrogen-bond acceptors (Lipinski definition) is 8. The highest BCUT2D eigenvalue weighted by atomic mass is 31.2. The van der Waals surface area contributed by atoms with E-state index in [4.69, 9.17) is 4.74 Å². The first-order valence-corrected chi connectivity index (χ1v) is 11.4. The molecule has 0 fully saturated rings. The Kier molecular flexibility index (Phi) is 6.21. The number of rotatable bonds is 8. The van der Waals surface area contributed by atoms with Crippen LogP contribution in [0.15, 0.2) is 30.6 Å². The van der Waals surface area contributed by atoms with E-state index in [1.54, 1.807) is 6.33 Å². The molecule has 4 N–H and O–H groups in total. The second-order valence-corrected chi connectivity index (χ2v) is 9.62. The lowest BCUT2D eigenvalue weighted by Crippen LogP contribution is -2.18. The summed E-state index contributed by atoms with van der Waals surface area (Å²) in [5.74, 6) is 0.378. The van der Waals surface area contributed by atoms with Crippen molar-refractivity contribution < 1.29 is 28.8 Å². The van der Waals surface area contributed by atoms with Gasteiger partial charge in [-0.15, -0.1) is 0 Å². The molecule has 2 heterocycles. The van der Waals surface area contributed by atoms with E-state index in [-0.39, 0.29) is 17.7 Å². The first-order valence-electron chi connectivity index (χ1n) is 8.98. The van der Waals surface area contributed by atoms with Gasteiger partial charge < -0.3 is 29.5 Å². The molecule has 0 aliphatic rings. The van der Waals surface area contributed by atoms with E-state index in [0.29, 0.717) is 29.2 Å². The third-order valence-electron chi connectivity index (χ3n) is 4.19. The highest BCUT2D eigenvalue weighted by Crippen LogP contribution is 2.61. The standard InChI is InChI=1S/C17H21N5O6P2/c1-4-22-9-18-13-14(20-16(21-15(13)22)28-10(2)3)19-12-7-5-11(6-8-12)17(23,29-24)30(25,26)27/h5-10,23H,4H2,1-3H3,(H,19,20,21)(H2,25,26,27). The summed E-state index contributed by atoms with van der Waals surface area (Å²) < 4.78 is 30.3. The van der Waals surface area contributed by atoms with Crippen molar-refractivity contribution in [3.63, 3.8) is 0 Å². The number of aliphatic hydroxyl groups is 1. The van der Waals surface area contributed by atoms with Crippen LogP contribution in [0.3, 0.4) is 0 Å². The van der Waals surface area contributed by atoms with E-state index >= 15 is 0 Å². The van der Waals surface area contributed by atoms with E-state index < -0.39 is 21.1 Å². The fraction of sp³-hybridized carbons (Fsp3) is 0.353. The minimum absolute atomic E-state index is 0.135. The topological polar surface area (TPSA) is 160 Å². The summed E-state index contributed by atoms with van der Waals surface area (Å²) in [5, 5.41) is 10.4. The highest BCUT2D eigenvalue weighted by molar-refractivity contribution is 7.62. The van der Waals surface area contributed by atoms with Gasteiger partial charge in [0.25, 0.3) is 5.08 Å². The third-order valence-corrected chi connectivity index (χ3v) is 6.80. The highest BCUT2D eigenvalue weighted by Gasteiger charge is 2.48. The Balaban J connectivity index is 1.99. The monoisotopic (exact) mass is 453 g/mol. The first kappa shape index (κ1) is 22.3. The maximum absolute atomic E-state index is 11.5. The Labute approximate surface area is 173 Å². The molecule has 0 saturated carbocycles. The Morgan fingerprint density at radius 1 is 1.27 bits per heavy atom. The smallest absolute Gasteiger partial charge is 0.373 e. The van der Waals surface area contributed by atoms with Crippen molar-refractivity contribution >= 4 is 38.7 Å². The average Bonchev–Trinajstić information content (AvgIpc) is 3.09. The summed E-state index contributed by atoms with van der Waals surface area (Å²) in [7, 11) is -6.19. The molecule has 0 aliphatic heterocycles. The van der Waals surface area contributed by atoms with E-state index in [1.807, 2.05) is 25.3 Å². The van der Waals surface area contributed by atoms with Crippen molar-refractivity contribution in [2.45, 2.75) is 38.5 Å². The minimum atomic E-state index is -5.08. The van der Waals surface area contributed by atoms with Crippen LogP contribution in [0, 0.1) is 0 Å². The number of nitrogens with one attached hydrogen (secondary N) is 1. The quantitative estimate of drug-likeness (QED) is 0.373. The van der Waals surface area contributed by atoms with Gasteiger partial charge in [-0.3, -0.25) is 9.13 Å². The molecule has 3 rings (SSSR count). The van der Waals surface area contributed by atoms with Gasteiger partial charge >= 0.3 is 13.6 Å². The molecule has 0 amide bonds. The molecule has 0 bridgehead atoms. The lowest BCUT2D eigenvalue weighted by molar-refractivity contribution is 0.168. The van der Waals surface area contributed by atoms with Gasteiger partial charge in [-0.1, -0.05) is 12.1 Å². The number of hydrogen-bond donors (Lipinski definition) is 4. The Bertz CT molecular complexity index is 1110. The largest absolute Gasteiger partial charge is 0.461 e. The van der Waals surface area contributed by atoms with Gasteiger partial charge in [-0.2, -0.15) is 9.97 Å². The van der Waals surface area contributed by atoms with Crippen molar-refractivity contribution in [3.05, 3.63) is 36.2 Å². The van der Waals surface area contributed by atoms with Crippen molar-refractivity contribution in [2.24, 2.45) is 0 Å². The van der Waals surface area contributed by atoms with Gasteiger partial charge in [0.2, 0.25) is 8.46 Å². The molecule has 1 aromatic carbocycles. The van der Waals surface area contributed by atoms with Crippen LogP contribution in [0.25, 0.3) is 11.2 Å². The SMILES string of the molecule is CCn1cnc2c(Nc3ccc(C(O)(P=O)P(=O)(O)O)cc3)nc(OC(C)C)nc21. The number of benzene rings is 1. The number of anilines is 2. The maximum atomic E-state index is 11.5. The van der Waals surface area contributed by atoms with Crippen LogP contribution in [0.2, 0.25) is 0 Å². The second-order valence-electron chi connectivity index (χ2n) is 6.70. The molecule has 0 spiro atoms. The van der Waals surface area contributed by atoms with E-state index in [0.717, 1.165) is 0 Å². The summed E-state index contributed by atoms with van der Waals surface area (Å²) >= 11 is 0. The summed E-state index contributed by atoms with van der Waals surface area (Å²) in [6.45, 7) is 6.32. The molecule has 13 heteroatoms. The molecular formula is C17H21N5O6P2. The van der Waals surface area contributed by atoms with Crippen LogP contribution in [-0.2, 0) is 20.8 Å². The van der Waals surface area contributed by atoms with Crippen molar-refractivity contribution in [1.29, 1.82) is 0 Å². The van der Waals surface area contributed by atoms with Gasteiger partial charge in [-0.25, -0.2) is 4.98 Å². The Hall–Kier alpha value is -2.42. The zero-order valence-corrected chi connectivity index (χ0v) is 18.2. The third kappa shape index (κ3) is 4.21. The number of aryl methyl sites for hydroxylation is 1. The molecule has 1 atom stereocenters. The van der Waals surface area contributed by atoms with Gasteiger partial charge in [-0.05, 0) is 32.9 Å². The van der Waals surface area contributed by atoms with E-state index in [1.165, 1.54) is 24.3 Å². The summed E-state index contributed by atoms with van der Waals surface area (Å²) in [6.07, 6.45) is 1.50. The molecule has 160 valence electrons. The molecule has 1 unspecified atom stereocenters. The number of fused-ring (bicyclic) bond motifs is 1. The number of ether oxygens (including phenoxy) is 1. The predicted octanol–water partition coefficient (Wildman–Crippen LogP) is 2.95. The minimum Gasteiger partial charge on any atom is -0.461 e. The Morgan fingerprint density at radius 3 is 2.47 bits per heavy atom. The van der Waals surface area contributed by atoms with Gasteiger partial charge in [0, 0.05) is 17.8 Å². The van der Waals surface area contributed by atoms with Crippen molar-refractivity contribution in [2.75, 3.05) is 5.32 Å². The van der Waals surface area contributed by atoms with E-state index in [2.05, 4.69) is 20.3 Å². The molecule has 0 aliphatic carbocycles. The average molecular weight is 453 g/mol. The molecule has 3 aromatic rings. The molecular weight excluding hydrogens is 432 g/mol. The summed E-state index contributed by atoms with van der Waals surface area (Å²) in [4.78, 5) is 31.8. The van der Waals surface area contributed by atoms with Gasteiger partial charge in [0.1, 0.15) is 0 Å². The van der Waals surface area contributed by atoms with E-state index in [9.17, 15) is 24.0 Å². The lowest BCUT2D eigenvalue weighted by atomic mass is 10.2. The lowest BCUT2D eigenvalue weighted by Gasteiger charge is -2.22. The summed E-state index contributed by atoms with van der Waals surface area (Å²) in [6, 6.07) is 5.64. The van der Waals surface area contributed by atoms with Crippen LogP contribution in [-0.4, -0.2) is 40.5 Å². The zero-order chi connectivity index (χ0) is 22.1. The molecule has 0 radical (unpaired) electrons. The molecule has 11 nitrogen and oxygen atoms in total. The van der Waals surface area contributed by atoms with Crippen LogP contribution in [0.5, 0.6) is 6.01 Å². The number of imidazole rings is 1. The second kappa shape index (κ2) is 8.37. The van der Waals surface area contributed by atoms with Crippen molar-refractivity contribution in [3.8, 4) is 6.01 Å². The number of aromatic nitrogens is 4. The van der Waals surface area contributed by atoms with Crippen LogP contribution < -0.4 is 10.1 Å². The maximum Gasteiger partial charge on any atom is 0.373 e. The molecule has 2 aromatic heterocycles. The van der Waals surface area contributed by atoms with Gasteiger partial charge in [0.15, 0.2) is 17.0 Å². The van der Waals surface area contributed by atoms with Crippen LogP contribution in [0.4, 0.5) is 11.5 Å². The van der Waals surface area contributed by atoms with Crippen LogP contribution >= 0.6 is 16.1 Å². The zero-order valence-electron chi connectivity index (χ0n) is 16.4. The fourth-order valence-corrected chi connectivity index (χ4v) is 3.86. The van der Waals surface area contributed by atoms with Crippen LogP contribution in [0.1, 0.15) is 26.3 Å². The fourth-order valence-electron chi connectivity index (χ4n) is 2.69. The molecule has 0 saturated heterocycles. The van der Waals surface area contributed by atoms with Gasteiger partial charge in [0.05, 0.1) is 12.4 Å². The Morgan fingerprint density at radius 2 is 1.93 bits per heavy atom. The first-order chi connectivity index (χ1) is 14.1. The normalized spacial score (nSPS) is 14.2. The molecule has 30 heavy (non-hydrogen) atoms. The van der Waals surface area contributed by atoms with Crippen molar-refractivity contribution in [1.82, 2.24) is 19.5 Å².